The van der Waals surface area contributed by atoms with Gasteiger partial charge in [-0.1, -0.05) is 32.9 Å². The molecule has 32 heavy (non-hydrogen) atoms. The van der Waals surface area contributed by atoms with Crippen LogP contribution in [-0.2, 0) is 30.9 Å². The molecule has 2 aromatic rings. The number of rotatable bonds is 10. The van der Waals surface area contributed by atoms with Crippen molar-refractivity contribution in [2.75, 3.05) is 42.2 Å². The van der Waals surface area contributed by atoms with Gasteiger partial charge in [0.25, 0.3) is 10.0 Å². The molecule has 0 aromatic heterocycles. The molecule has 0 aliphatic carbocycles. The Kier molecular flexibility index (Phi) is 7.52. The summed E-state index contributed by atoms with van der Waals surface area (Å²) in [5.41, 5.74) is 2.25. The Morgan fingerprint density at radius 1 is 1.12 bits per heavy atom. The van der Waals surface area contributed by atoms with Gasteiger partial charge in [0.05, 0.1) is 44.1 Å². The molecule has 1 aliphatic rings. The number of hydrogen-bond acceptors (Lipinski definition) is 6. The number of nitrogens with zero attached hydrogens (tertiary/aromatic N) is 1. The van der Waals surface area contributed by atoms with E-state index < -0.39 is 19.8 Å². The van der Waals surface area contributed by atoms with Crippen molar-refractivity contribution in [2.24, 2.45) is 11.8 Å². The Labute approximate surface area is 192 Å². The second kappa shape index (κ2) is 9.80. The predicted octanol–water partition coefficient (Wildman–Crippen LogP) is 4.19. The van der Waals surface area contributed by atoms with E-state index in [1.54, 1.807) is 6.07 Å². The molecule has 3 rings (SSSR count). The van der Waals surface area contributed by atoms with E-state index in [-0.39, 0.29) is 15.7 Å². The summed E-state index contributed by atoms with van der Waals surface area (Å²) in [6.07, 6.45) is 2.18. The molecule has 2 aromatic carbocycles. The molecule has 0 amide bonds. The molecule has 0 saturated carbocycles. The topological polar surface area (TPSA) is 99.6 Å². The van der Waals surface area contributed by atoms with Crippen LogP contribution in [0.15, 0.2) is 52.3 Å². The average Bonchev–Trinajstić information content (AvgIpc) is 2.70. The van der Waals surface area contributed by atoms with Crippen LogP contribution in [0.3, 0.4) is 0 Å². The second-order valence-corrected chi connectivity index (χ2v) is 12.7. The minimum atomic E-state index is -3.92. The van der Waals surface area contributed by atoms with Crippen LogP contribution in [0.4, 0.5) is 11.4 Å². The van der Waals surface area contributed by atoms with Gasteiger partial charge >= 0.3 is 0 Å². The van der Waals surface area contributed by atoms with Gasteiger partial charge in [-0.2, -0.15) is 0 Å². The maximum absolute atomic E-state index is 13.7. The van der Waals surface area contributed by atoms with Crippen LogP contribution >= 0.6 is 0 Å². The fourth-order valence-corrected chi connectivity index (χ4v) is 6.13. The number of sulfonamides is 1. The molecule has 176 valence electrons. The van der Waals surface area contributed by atoms with E-state index in [0.29, 0.717) is 43.6 Å². The lowest BCUT2D eigenvalue weighted by molar-refractivity contribution is -0.0248. The summed E-state index contributed by atoms with van der Waals surface area (Å²) in [7, 11) is -7.07. The van der Waals surface area contributed by atoms with Crippen molar-refractivity contribution in [3.8, 4) is 0 Å². The molecule has 1 unspecified atom stereocenters. The van der Waals surface area contributed by atoms with Crippen LogP contribution in [-0.4, -0.2) is 45.2 Å². The first-order valence-corrected chi connectivity index (χ1v) is 14.2. The maximum atomic E-state index is 13.7. The minimum Gasteiger partial charge on any atom is -0.384 e. The Balaban J connectivity index is 2.01. The summed E-state index contributed by atoms with van der Waals surface area (Å²) < 4.78 is 54.8. The lowest BCUT2D eigenvalue weighted by Crippen LogP contribution is -2.34. The van der Waals surface area contributed by atoms with Gasteiger partial charge in [0.2, 0.25) is 0 Å². The zero-order valence-corrected chi connectivity index (χ0v) is 20.8. The summed E-state index contributed by atoms with van der Waals surface area (Å²) >= 11 is 0. The molecule has 2 N–H and O–H groups in total. The molecule has 9 heteroatoms. The Morgan fingerprint density at radius 3 is 2.28 bits per heavy atom. The first-order chi connectivity index (χ1) is 15.0. The molecule has 0 bridgehead atoms. The van der Waals surface area contributed by atoms with Crippen molar-refractivity contribution in [3.63, 3.8) is 0 Å². The third kappa shape index (κ3) is 5.63. The van der Waals surface area contributed by atoms with E-state index in [2.05, 4.69) is 12.2 Å². The smallest absolute Gasteiger partial charge is 0.264 e. The van der Waals surface area contributed by atoms with Crippen molar-refractivity contribution in [1.82, 2.24) is 0 Å². The van der Waals surface area contributed by atoms with Crippen LogP contribution in [0.1, 0.15) is 26.3 Å². The quantitative estimate of drug-likeness (QED) is 0.532. The predicted molar refractivity (Wildman–Crippen MR) is 129 cm³/mol. The minimum absolute atomic E-state index is 0.0343. The number of benzene rings is 2. The second-order valence-electron chi connectivity index (χ2n) is 8.74. The van der Waals surface area contributed by atoms with Crippen molar-refractivity contribution in [2.45, 2.75) is 37.0 Å². The summed E-state index contributed by atoms with van der Waals surface area (Å²) in [6.45, 7) is 8.25. The molecular formula is C23H33N3O4S2. The zero-order valence-electron chi connectivity index (χ0n) is 19.1. The van der Waals surface area contributed by atoms with Crippen LogP contribution in [0.2, 0.25) is 0 Å². The van der Waals surface area contributed by atoms with E-state index >= 15 is 0 Å². The molecule has 0 spiro atoms. The molecule has 1 fully saturated rings. The van der Waals surface area contributed by atoms with Crippen LogP contribution in [0.25, 0.3) is 0 Å². The summed E-state index contributed by atoms with van der Waals surface area (Å²) in [4.78, 5) is 0.233. The molecular weight excluding hydrogens is 446 g/mol. The van der Waals surface area contributed by atoms with Gasteiger partial charge in [-0.3, -0.25) is 4.31 Å². The molecule has 1 saturated heterocycles. The summed E-state index contributed by atoms with van der Waals surface area (Å²) in [5.74, 6) is 0.463. The SMILES string of the molecule is CCc1ccc(N(CC(C)C)S(=O)(=O)c2ccc(NCC3COC3)c(S(C)(=N)=O)c2)cc1. The lowest BCUT2D eigenvalue weighted by atomic mass is 10.1. The molecule has 1 aliphatic heterocycles. The van der Waals surface area contributed by atoms with E-state index in [4.69, 9.17) is 9.52 Å². The van der Waals surface area contributed by atoms with E-state index in [1.165, 1.54) is 22.7 Å². The number of aryl methyl sites for hydroxylation is 1. The number of hydrogen-bond donors (Lipinski definition) is 2. The third-order valence-corrected chi connectivity index (χ3v) is 8.38. The summed E-state index contributed by atoms with van der Waals surface area (Å²) in [6, 6.07) is 12.0. The first-order valence-electron chi connectivity index (χ1n) is 10.8. The Hall–Kier alpha value is -2.10. The van der Waals surface area contributed by atoms with Crippen molar-refractivity contribution >= 4 is 31.1 Å². The molecule has 0 radical (unpaired) electrons. The van der Waals surface area contributed by atoms with E-state index in [0.717, 1.165) is 12.0 Å². The van der Waals surface area contributed by atoms with Gasteiger partial charge in [0.1, 0.15) is 0 Å². The monoisotopic (exact) mass is 479 g/mol. The molecule has 1 heterocycles. The maximum Gasteiger partial charge on any atom is 0.264 e. The van der Waals surface area contributed by atoms with Crippen molar-refractivity contribution < 1.29 is 17.4 Å². The lowest BCUT2D eigenvalue weighted by Gasteiger charge is -2.28. The normalized spacial score (nSPS) is 16.4. The third-order valence-electron chi connectivity index (χ3n) is 5.41. The van der Waals surface area contributed by atoms with E-state index in [9.17, 15) is 12.6 Å². The fraction of sp³-hybridized carbons (Fsp3) is 0.478. The number of anilines is 2. The van der Waals surface area contributed by atoms with Gasteiger partial charge < -0.3 is 10.1 Å². The van der Waals surface area contributed by atoms with Crippen LogP contribution < -0.4 is 9.62 Å². The van der Waals surface area contributed by atoms with Gasteiger partial charge in [0.15, 0.2) is 0 Å². The Bertz CT molecular complexity index is 1140. The molecule has 1 atom stereocenters. The molecule has 7 nitrogen and oxygen atoms in total. The van der Waals surface area contributed by atoms with Gasteiger partial charge in [-0.05, 0) is 48.2 Å². The Morgan fingerprint density at radius 2 is 1.78 bits per heavy atom. The van der Waals surface area contributed by atoms with Gasteiger partial charge in [-0.15, -0.1) is 0 Å². The van der Waals surface area contributed by atoms with Gasteiger partial charge in [-0.25, -0.2) is 17.4 Å². The first kappa shape index (κ1) is 24.5. The zero-order chi connectivity index (χ0) is 23.5. The summed E-state index contributed by atoms with van der Waals surface area (Å²) in [5, 5.41) is 3.22. The van der Waals surface area contributed by atoms with Crippen molar-refractivity contribution in [3.05, 3.63) is 48.0 Å². The fourth-order valence-electron chi connectivity index (χ4n) is 3.49. The van der Waals surface area contributed by atoms with Crippen LogP contribution in [0.5, 0.6) is 0 Å². The number of nitrogens with one attached hydrogen (secondary N) is 2. The standard InChI is InChI=1S/C23H33N3O4S2/c1-5-18-6-8-20(9-7-18)26(14-17(2)3)32(28,29)21-10-11-22(23(12-21)31(4,24)27)25-13-19-15-30-16-19/h6-12,17,19,24-25H,5,13-16H2,1-4H3. The van der Waals surface area contributed by atoms with Gasteiger partial charge in [0, 0.05) is 25.3 Å². The highest BCUT2D eigenvalue weighted by Gasteiger charge is 2.28. The highest BCUT2D eigenvalue weighted by atomic mass is 32.2. The van der Waals surface area contributed by atoms with Crippen LogP contribution in [0, 0.1) is 16.6 Å². The van der Waals surface area contributed by atoms with Crippen molar-refractivity contribution in [1.29, 1.82) is 4.78 Å². The largest absolute Gasteiger partial charge is 0.384 e. The van der Waals surface area contributed by atoms with E-state index in [1.807, 2.05) is 38.1 Å². The average molecular weight is 480 g/mol. The highest BCUT2D eigenvalue weighted by molar-refractivity contribution is 7.93. The highest BCUT2D eigenvalue weighted by Crippen LogP contribution is 2.30. The number of ether oxygens (including phenoxy) is 1.